The van der Waals surface area contributed by atoms with Gasteiger partial charge in [-0.2, -0.15) is 0 Å². The number of hydrogen-bond donors (Lipinski definition) is 0. The molecule has 0 amide bonds. The Balaban J connectivity index is 2.17. The molecule has 0 radical (unpaired) electrons. The lowest BCUT2D eigenvalue weighted by molar-refractivity contribution is 0.0595. The van der Waals surface area contributed by atoms with E-state index < -0.39 is 5.97 Å². The van der Waals surface area contributed by atoms with Crippen molar-refractivity contribution in [3.63, 3.8) is 0 Å². The fourth-order valence-electron chi connectivity index (χ4n) is 2.19. The zero-order valence-electron chi connectivity index (χ0n) is 11.2. The van der Waals surface area contributed by atoms with Crippen LogP contribution in [0, 0.1) is 6.92 Å². The number of hydrogen-bond acceptors (Lipinski definition) is 4. The van der Waals surface area contributed by atoms with Crippen LogP contribution in [0.3, 0.4) is 0 Å². The van der Waals surface area contributed by atoms with Gasteiger partial charge in [-0.15, -0.1) is 11.3 Å². The largest absolute Gasteiger partial charge is 0.464 e. The number of methoxy groups -OCH3 is 1. The summed E-state index contributed by atoms with van der Waals surface area (Å²) in [5, 5.41) is 3.18. The van der Waals surface area contributed by atoms with Gasteiger partial charge in [0, 0.05) is 0 Å². The van der Waals surface area contributed by atoms with Crippen LogP contribution in [0.4, 0.5) is 0 Å². The third-order valence-corrected chi connectivity index (χ3v) is 4.14. The predicted molar refractivity (Wildman–Crippen MR) is 81.1 cm³/mol. The Morgan fingerprint density at radius 1 is 1.15 bits per heavy atom. The Morgan fingerprint density at radius 3 is 2.65 bits per heavy atom. The molecule has 4 heteroatoms. The lowest BCUT2D eigenvalue weighted by Crippen LogP contribution is -2.03. The molecule has 0 unspecified atom stereocenters. The smallest absolute Gasteiger partial charge is 0.358 e. The van der Waals surface area contributed by atoms with E-state index in [4.69, 9.17) is 4.74 Å². The average Bonchev–Trinajstić information content (AvgIpc) is 2.88. The number of thiazole rings is 1. The fourth-order valence-corrected chi connectivity index (χ4v) is 3.09. The molecule has 1 heterocycles. The SMILES string of the molecule is COC(=O)c1nc(C)sc1-c1ccc2ccccc2c1. The van der Waals surface area contributed by atoms with E-state index in [0.717, 1.165) is 20.8 Å². The molecule has 3 aromatic rings. The van der Waals surface area contributed by atoms with Crippen molar-refractivity contribution in [2.75, 3.05) is 7.11 Å². The minimum Gasteiger partial charge on any atom is -0.464 e. The molecule has 0 fully saturated rings. The van der Waals surface area contributed by atoms with E-state index in [0.29, 0.717) is 5.69 Å². The highest BCUT2D eigenvalue weighted by Crippen LogP contribution is 2.32. The van der Waals surface area contributed by atoms with E-state index >= 15 is 0 Å². The summed E-state index contributed by atoms with van der Waals surface area (Å²) in [6.45, 7) is 1.89. The monoisotopic (exact) mass is 283 g/mol. The Hall–Kier alpha value is -2.20. The van der Waals surface area contributed by atoms with E-state index in [9.17, 15) is 4.79 Å². The van der Waals surface area contributed by atoms with Crippen LogP contribution in [0.5, 0.6) is 0 Å². The summed E-state index contributed by atoms with van der Waals surface area (Å²) in [5.74, 6) is -0.391. The minimum atomic E-state index is -0.391. The minimum absolute atomic E-state index is 0.391. The number of carbonyl (C=O) groups is 1. The van der Waals surface area contributed by atoms with Gasteiger partial charge in [-0.1, -0.05) is 36.4 Å². The van der Waals surface area contributed by atoms with Crippen molar-refractivity contribution >= 4 is 28.1 Å². The molecule has 100 valence electrons. The van der Waals surface area contributed by atoms with E-state index in [-0.39, 0.29) is 0 Å². The van der Waals surface area contributed by atoms with Gasteiger partial charge >= 0.3 is 5.97 Å². The number of ether oxygens (including phenoxy) is 1. The normalized spacial score (nSPS) is 10.7. The molecule has 0 aliphatic rings. The summed E-state index contributed by atoms with van der Waals surface area (Å²) in [6.07, 6.45) is 0. The summed E-state index contributed by atoms with van der Waals surface area (Å²) in [4.78, 5) is 16.9. The Morgan fingerprint density at radius 2 is 1.90 bits per heavy atom. The molecule has 2 aromatic carbocycles. The van der Waals surface area contributed by atoms with E-state index in [1.165, 1.54) is 23.8 Å². The van der Waals surface area contributed by atoms with Gasteiger partial charge in [0.25, 0.3) is 0 Å². The maximum absolute atomic E-state index is 11.8. The van der Waals surface area contributed by atoms with Gasteiger partial charge in [-0.3, -0.25) is 0 Å². The maximum Gasteiger partial charge on any atom is 0.358 e. The first kappa shape index (κ1) is 12.8. The number of benzene rings is 2. The van der Waals surface area contributed by atoms with Crippen molar-refractivity contribution in [3.05, 3.63) is 53.2 Å². The highest BCUT2D eigenvalue weighted by molar-refractivity contribution is 7.15. The quantitative estimate of drug-likeness (QED) is 0.666. The Labute approximate surface area is 120 Å². The van der Waals surface area contributed by atoms with Gasteiger partial charge in [-0.25, -0.2) is 9.78 Å². The second kappa shape index (κ2) is 5.06. The van der Waals surface area contributed by atoms with Crippen molar-refractivity contribution in [2.24, 2.45) is 0 Å². The van der Waals surface area contributed by atoms with Gasteiger partial charge in [0.2, 0.25) is 0 Å². The molecule has 3 nitrogen and oxygen atoms in total. The van der Waals surface area contributed by atoms with Gasteiger partial charge in [-0.05, 0) is 29.3 Å². The van der Waals surface area contributed by atoms with Crippen LogP contribution in [-0.4, -0.2) is 18.1 Å². The lowest BCUT2D eigenvalue weighted by Gasteiger charge is -2.03. The van der Waals surface area contributed by atoms with Gasteiger partial charge in [0.15, 0.2) is 5.69 Å². The van der Waals surface area contributed by atoms with E-state index in [1.807, 2.05) is 25.1 Å². The predicted octanol–water partition coefficient (Wildman–Crippen LogP) is 4.06. The van der Waals surface area contributed by atoms with Crippen LogP contribution >= 0.6 is 11.3 Å². The Kier molecular flexibility index (Phi) is 3.24. The molecular formula is C16H13NO2S. The molecule has 0 aliphatic carbocycles. The lowest BCUT2D eigenvalue weighted by atomic mass is 10.1. The highest BCUT2D eigenvalue weighted by atomic mass is 32.1. The number of esters is 1. The molecule has 0 N–H and O–H groups in total. The molecular weight excluding hydrogens is 270 g/mol. The standard InChI is InChI=1S/C16H13NO2S/c1-10-17-14(16(18)19-2)15(20-10)13-8-7-11-5-3-4-6-12(11)9-13/h3-9H,1-2H3. The number of carbonyl (C=O) groups excluding carboxylic acids is 1. The molecule has 0 bridgehead atoms. The number of rotatable bonds is 2. The van der Waals surface area contributed by atoms with Gasteiger partial charge in [0.1, 0.15) is 0 Å². The average molecular weight is 283 g/mol. The Bertz CT molecular complexity index is 792. The van der Waals surface area contributed by atoms with Crippen molar-refractivity contribution in [2.45, 2.75) is 6.92 Å². The van der Waals surface area contributed by atoms with Crippen LogP contribution in [0.15, 0.2) is 42.5 Å². The summed E-state index contributed by atoms with van der Waals surface area (Å²) >= 11 is 1.51. The van der Waals surface area contributed by atoms with Crippen molar-refractivity contribution < 1.29 is 9.53 Å². The second-order valence-corrected chi connectivity index (χ2v) is 5.67. The topological polar surface area (TPSA) is 39.2 Å². The fraction of sp³-hybridized carbons (Fsp3) is 0.125. The molecule has 1 aromatic heterocycles. The zero-order valence-corrected chi connectivity index (χ0v) is 12.0. The second-order valence-electron chi connectivity index (χ2n) is 4.46. The summed E-state index contributed by atoms with van der Waals surface area (Å²) < 4.78 is 4.80. The van der Waals surface area contributed by atoms with Crippen LogP contribution < -0.4 is 0 Å². The van der Waals surface area contributed by atoms with Crippen molar-refractivity contribution in [1.82, 2.24) is 4.98 Å². The summed E-state index contributed by atoms with van der Waals surface area (Å²) in [5.41, 5.74) is 1.39. The van der Waals surface area contributed by atoms with Crippen LogP contribution in [0.1, 0.15) is 15.5 Å². The maximum atomic E-state index is 11.8. The molecule has 20 heavy (non-hydrogen) atoms. The highest BCUT2D eigenvalue weighted by Gasteiger charge is 2.18. The first-order valence-electron chi connectivity index (χ1n) is 6.24. The number of aromatic nitrogens is 1. The molecule has 0 saturated carbocycles. The van der Waals surface area contributed by atoms with Crippen LogP contribution in [0.2, 0.25) is 0 Å². The van der Waals surface area contributed by atoms with Crippen molar-refractivity contribution in [3.8, 4) is 10.4 Å². The number of nitrogens with zero attached hydrogens (tertiary/aromatic N) is 1. The molecule has 0 aliphatic heterocycles. The first-order valence-corrected chi connectivity index (χ1v) is 7.05. The van der Waals surface area contributed by atoms with Gasteiger partial charge < -0.3 is 4.74 Å². The molecule has 0 spiro atoms. The van der Waals surface area contributed by atoms with Gasteiger partial charge in [0.05, 0.1) is 17.0 Å². The molecule has 3 rings (SSSR count). The van der Waals surface area contributed by atoms with E-state index in [1.54, 1.807) is 0 Å². The summed E-state index contributed by atoms with van der Waals surface area (Å²) in [7, 11) is 1.38. The zero-order chi connectivity index (χ0) is 14.1. The molecule has 0 atom stereocenters. The van der Waals surface area contributed by atoms with Crippen LogP contribution in [-0.2, 0) is 4.74 Å². The van der Waals surface area contributed by atoms with E-state index in [2.05, 4.69) is 29.2 Å². The number of aryl methyl sites for hydroxylation is 1. The molecule has 0 saturated heterocycles. The third kappa shape index (κ3) is 2.18. The van der Waals surface area contributed by atoms with Crippen molar-refractivity contribution in [1.29, 1.82) is 0 Å². The summed E-state index contributed by atoms with van der Waals surface area (Å²) in [6, 6.07) is 14.3. The number of fused-ring (bicyclic) bond motifs is 1. The third-order valence-electron chi connectivity index (χ3n) is 3.12. The van der Waals surface area contributed by atoms with Crippen LogP contribution in [0.25, 0.3) is 21.2 Å². The first-order chi connectivity index (χ1) is 9.69.